The largest absolute Gasteiger partial charge is 0.496 e. The molecule has 3 aromatic rings. The number of piperazine rings is 1. The first-order valence-electron chi connectivity index (χ1n) is 14.9. The van der Waals surface area contributed by atoms with Gasteiger partial charge in [0.15, 0.2) is 5.82 Å². The van der Waals surface area contributed by atoms with E-state index in [4.69, 9.17) is 9.72 Å². The molecule has 0 aliphatic carbocycles. The number of hydrogen-bond acceptors (Lipinski definition) is 8. The number of fused-ring (bicyclic) bond motifs is 2. The Kier molecular flexibility index (Phi) is 8.08. The fourth-order valence-electron chi connectivity index (χ4n) is 6.39. The van der Waals surface area contributed by atoms with Crippen LogP contribution in [0.1, 0.15) is 51.9 Å². The van der Waals surface area contributed by atoms with Gasteiger partial charge in [0.1, 0.15) is 17.3 Å². The minimum Gasteiger partial charge on any atom is -0.496 e. The summed E-state index contributed by atoms with van der Waals surface area (Å²) in [5.41, 5.74) is 3.66. The molecule has 1 aromatic heterocycles. The van der Waals surface area contributed by atoms with Crippen molar-refractivity contribution in [3.05, 3.63) is 71.2 Å². The van der Waals surface area contributed by atoms with Crippen LogP contribution in [0.4, 0.5) is 17.2 Å². The van der Waals surface area contributed by atoms with Crippen molar-refractivity contribution >= 4 is 29.0 Å². The Hall–Kier alpha value is -4.02. The summed E-state index contributed by atoms with van der Waals surface area (Å²) in [5.74, 6) is 1.90. The molecule has 0 atom stereocenters. The molecule has 10 nitrogen and oxygen atoms in total. The average Bonchev–Trinajstić information content (AvgIpc) is 3.13. The Labute approximate surface area is 247 Å². The number of amides is 2. The lowest BCUT2D eigenvalue weighted by Crippen LogP contribution is -2.52. The molecule has 2 aromatic carbocycles. The number of hydrogen-bond donors (Lipinski definition) is 1. The maximum atomic E-state index is 13.4. The van der Waals surface area contributed by atoms with Gasteiger partial charge < -0.3 is 24.8 Å². The Balaban J connectivity index is 1.20. The molecule has 1 N–H and O–H groups in total. The number of piperidine rings is 1. The molecule has 220 valence electrons. The topological polar surface area (TPSA) is 94.1 Å². The van der Waals surface area contributed by atoms with Gasteiger partial charge in [-0.05, 0) is 44.0 Å². The zero-order valence-corrected chi connectivity index (χ0v) is 24.7. The molecule has 0 radical (unpaired) electrons. The number of methoxy groups -OCH3 is 1. The van der Waals surface area contributed by atoms with E-state index >= 15 is 0 Å². The fourth-order valence-corrected chi connectivity index (χ4v) is 6.39. The van der Waals surface area contributed by atoms with Crippen molar-refractivity contribution in [2.75, 3.05) is 69.8 Å². The van der Waals surface area contributed by atoms with E-state index in [0.29, 0.717) is 53.2 Å². The van der Waals surface area contributed by atoms with E-state index in [1.165, 1.54) is 0 Å². The number of para-hydroxylation sites is 1. The number of aromatic nitrogens is 2. The second-order valence-corrected chi connectivity index (χ2v) is 11.1. The summed E-state index contributed by atoms with van der Waals surface area (Å²) >= 11 is 0. The minimum atomic E-state index is -0.0888. The molecular weight excluding hydrogens is 530 g/mol. The van der Waals surface area contributed by atoms with E-state index in [2.05, 4.69) is 20.1 Å². The Morgan fingerprint density at radius 3 is 2.55 bits per heavy atom. The number of ether oxygens (including phenoxy) is 1. The molecule has 0 saturated carbocycles. The van der Waals surface area contributed by atoms with Crippen molar-refractivity contribution in [2.24, 2.45) is 0 Å². The van der Waals surface area contributed by atoms with E-state index in [-0.39, 0.29) is 11.8 Å². The van der Waals surface area contributed by atoms with Gasteiger partial charge in [0, 0.05) is 76.5 Å². The number of nitrogens with zero attached hydrogens (tertiary/aromatic N) is 6. The second kappa shape index (κ2) is 12.1. The van der Waals surface area contributed by atoms with Crippen molar-refractivity contribution in [3.63, 3.8) is 0 Å². The highest BCUT2D eigenvalue weighted by molar-refractivity contribution is 6.13. The third-order valence-corrected chi connectivity index (χ3v) is 8.77. The first-order valence-corrected chi connectivity index (χ1v) is 14.9. The van der Waals surface area contributed by atoms with Gasteiger partial charge >= 0.3 is 0 Å². The normalized spacial score (nSPS) is 18.0. The van der Waals surface area contributed by atoms with Crippen molar-refractivity contribution in [1.82, 2.24) is 25.1 Å². The van der Waals surface area contributed by atoms with Crippen LogP contribution in [0.25, 0.3) is 0 Å². The summed E-state index contributed by atoms with van der Waals surface area (Å²) < 4.78 is 5.74. The van der Waals surface area contributed by atoms with Crippen molar-refractivity contribution in [3.8, 4) is 5.75 Å². The highest BCUT2D eigenvalue weighted by atomic mass is 16.5. The van der Waals surface area contributed by atoms with E-state index in [0.717, 1.165) is 63.4 Å². The van der Waals surface area contributed by atoms with Crippen molar-refractivity contribution < 1.29 is 14.3 Å². The van der Waals surface area contributed by atoms with Gasteiger partial charge in [-0.15, -0.1) is 0 Å². The number of benzene rings is 2. The van der Waals surface area contributed by atoms with Crippen LogP contribution in [-0.2, 0) is 6.42 Å². The molecule has 0 spiro atoms. The van der Waals surface area contributed by atoms with Gasteiger partial charge in [-0.2, -0.15) is 0 Å². The van der Waals surface area contributed by atoms with Crippen LogP contribution in [0, 0.1) is 0 Å². The molecule has 0 unspecified atom stereocenters. The smallest absolute Gasteiger partial charge is 0.260 e. The quantitative estimate of drug-likeness (QED) is 0.483. The van der Waals surface area contributed by atoms with Crippen molar-refractivity contribution in [1.29, 1.82) is 0 Å². The summed E-state index contributed by atoms with van der Waals surface area (Å²) in [7, 11) is 3.38. The van der Waals surface area contributed by atoms with Crippen LogP contribution in [0.5, 0.6) is 5.75 Å². The SMILES string of the molecule is CCN1c2ccccc2C(=O)N(C)c2cnc(Cc3ccc(C(=O)N4CCC(N5CCNCC5)CC4)cc3OC)nc21. The number of likely N-dealkylation sites (tertiary alicyclic amines) is 1. The third kappa shape index (κ3) is 5.32. The van der Waals surface area contributed by atoms with E-state index in [1.54, 1.807) is 25.3 Å². The Morgan fingerprint density at radius 1 is 1.05 bits per heavy atom. The number of rotatable bonds is 6. The molecule has 3 aliphatic heterocycles. The number of nitrogens with one attached hydrogen (secondary N) is 1. The molecule has 6 rings (SSSR count). The molecule has 0 bridgehead atoms. The average molecular weight is 570 g/mol. The lowest BCUT2D eigenvalue weighted by molar-refractivity contribution is 0.0601. The summed E-state index contributed by atoms with van der Waals surface area (Å²) in [6, 6.07) is 13.8. The first kappa shape index (κ1) is 28.1. The van der Waals surface area contributed by atoms with E-state index in [1.807, 2.05) is 54.3 Å². The van der Waals surface area contributed by atoms with Crippen LogP contribution >= 0.6 is 0 Å². The maximum Gasteiger partial charge on any atom is 0.260 e. The van der Waals surface area contributed by atoms with E-state index in [9.17, 15) is 9.59 Å². The Morgan fingerprint density at radius 2 is 1.81 bits per heavy atom. The summed E-state index contributed by atoms with van der Waals surface area (Å²) in [4.78, 5) is 44.4. The Bertz CT molecular complexity index is 1460. The summed E-state index contributed by atoms with van der Waals surface area (Å²) in [6.45, 7) is 8.50. The molecule has 2 saturated heterocycles. The van der Waals surface area contributed by atoms with Crippen LogP contribution in [0.3, 0.4) is 0 Å². The van der Waals surface area contributed by atoms with Gasteiger partial charge in [-0.25, -0.2) is 9.97 Å². The van der Waals surface area contributed by atoms with Gasteiger partial charge in [-0.1, -0.05) is 18.2 Å². The predicted molar refractivity (Wildman–Crippen MR) is 163 cm³/mol. The molecule has 42 heavy (non-hydrogen) atoms. The minimum absolute atomic E-state index is 0.0462. The second-order valence-electron chi connectivity index (χ2n) is 11.1. The molecule has 4 heterocycles. The van der Waals surface area contributed by atoms with Crippen LogP contribution in [-0.4, -0.2) is 97.6 Å². The standard InChI is InChI=1S/C32H39N7O3/c1-4-39-26-8-6-5-7-25(26)32(41)36(2)27-21-34-29(35-30(27)39)20-22-9-10-23(19-28(22)42-3)31(40)38-15-11-24(12-16-38)37-17-13-33-14-18-37/h5-10,19,21,24,33H,4,11-18,20H2,1-3H3. The highest BCUT2D eigenvalue weighted by Gasteiger charge is 2.31. The third-order valence-electron chi connectivity index (χ3n) is 8.77. The zero-order valence-electron chi connectivity index (χ0n) is 24.7. The summed E-state index contributed by atoms with van der Waals surface area (Å²) in [6.07, 6.45) is 4.17. The molecule has 2 amide bonds. The first-order chi connectivity index (χ1) is 20.5. The lowest BCUT2D eigenvalue weighted by Gasteiger charge is -2.40. The van der Waals surface area contributed by atoms with Crippen LogP contribution in [0.15, 0.2) is 48.7 Å². The fraction of sp³-hybridized carbons (Fsp3) is 0.438. The van der Waals surface area contributed by atoms with Crippen LogP contribution < -0.4 is 19.9 Å². The van der Waals surface area contributed by atoms with Gasteiger partial charge in [0.25, 0.3) is 11.8 Å². The molecule has 3 aliphatic rings. The van der Waals surface area contributed by atoms with Gasteiger partial charge in [0.2, 0.25) is 0 Å². The number of carbonyl (C=O) groups excluding carboxylic acids is 2. The number of anilines is 3. The van der Waals surface area contributed by atoms with E-state index < -0.39 is 0 Å². The highest BCUT2D eigenvalue weighted by Crippen LogP contribution is 2.38. The zero-order chi connectivity index (χ0) is 29.2. The van der Waals surface area contributed by atoms with Gasteiger partial charge in [0.05, 0.1) is 24.6 Å². The van der Waals surface area contributed by atoms with Crippen molar-refractivity contribution in [2.45, 2.75) is 32.2 Å². The monoisotopic (exact) mass is 569 g/mol. The maximum absolute atomic E-state index is 13.4. The molecule has 10 heteroatoms. The van der Waals surface area contributed by atoms with Gasteiger partial charge in [-0.3, -0.25) is 14.5 Å². The number of carbonyl (C=O) groups is 2. The predicted octanol–water partition coefficient (Wildman–Crippen LogP) is 3.33. The summed E-state index contributed by atoms with van der Waals surface area (Å²) in [5, 5.41) is 3.42. The van der Waals surface area contributed by atoms with Crippen LogP contribution in [0.2, 0.25) is 0 Å². The lowest BCUT2D eigenvalue weighted by atomic mass is 10.0. The molecule has 2 fully saturated rings. The molecular formula is C32H39N7O3.